The number of amides is 1. The van der Waals surface area contributed by atoms with Crippen molar-refractivity contribution in [2.45, 2.75) is 38.1 Å². The molecule has 2 atom stereocenters. The van der Waals surface area contributed by atoms with Crippen molar-refractivity contribution < 1.29 is 18.0 Å². The quantitative estimate of drug-likeness (QED) is 0.930. The summed E-state index contributed by atoms with van der Waals surface area (Å²) in [6, 6.07) is 5.02. The molecule has 0 bridgehead atoms. The third-order valence-corrected chi connectivity index (χ3v) is 4.09. The van der Waals surface area contributed by atoms with E-state index in [-0.39, 0.29) is 11.5 Å². The number of halogens is 3. The Morgan fingerprint density at radius 1 is 1.29 bits per heavy atom. The molecule has 1 heterocycles. The SMILES string of the molecule is CC1NC(c2ccccc2C(F)(F)F)N(CC2CC2)C1=O. The molecule has 21 heavy (non-hydrogen) atoms. The molecular weight excluding hydrogens is 281 g/mol. The molecule has 1 saturated carbocycles. The lowest BCUT2D eigenvalue weighted by Crippen LogP contribution is -2.33. The molecule has 1 aliphatic heterocycles. The van der Waals surface area contributed by atoms with Crippen molar-refractivity contribution in [2.24, 2.45) is 5.92 Å². The van der Waals surface area contributed by atoms with Crippen molar-refractivity contribution in [3.8, 4) is 0 Å². The minimum absolute atomic E-state index is 0.121. The van der Waals surface area contributed by atoms with Crippen LogP contribution in [0.2, 0.25) is 0 Å². The molecule has 0 spiro atoms. The summed E-state index contributed by atoms with van der Waals surface area (Å²) in [5.41, 5.74) is -0.548. The van der Waals surface area contributed by atoms with Gasteiger partial charge in [-0.2, -0.15) is 13.2 Å². The lowest BCUT2D eigenvalue weighted by molar-refractivity contribution is -0.139. The summed E-state index contributed by atoms with van der Waals surface area (Å²) < 4.78 is 39.5. The maximum atomic E-state index is 13.2. The number of nitrogens with zero attached hydrogens (tertiary/aromatic N) is 1. The van der Waals surface area contributed by atoms with E-state index in [9.17, 15) is 18.0 Å². The number of rotatable bonds is 3. The number of alkyl halides is 3. The van der Waals surface area contributed by atoms with Gasteiger partial charge in [0, 0.05) is 12.1 Å². The summed E-state index contributed by atoms with van der Waals surface area (Å²) in [6.45, 7) is 2.23. The van der Waals surface area contributed by atoms with Gasteiger partial charge in [0.25, 0.3) is 0 Å². The Bertz CT molecular complexity index is 554. The third-order valence-electron chi connectivity index (χ3n) is 4.09. The van der Waals surface area contributed by atoms with Crippen LogP contribution in [0.1, 0.15) is 37.1 Å². The van der Waals surface area contributed by atoms with Gasteiger partial charge in [-0.15, -0.1) is 0 Å². The van der Waals surface area contributed by atoms with Crippen molar-refractivity contribution in [3.05, 3.63) is 35.4 Å². The number of hydrogen-bond acceptors (Lipinski definition) is 2. The summed E-state index contributed by atoms with van der Waals surface area (Å²) in [5.74, 6) is 0.311. The molecule has 1 aliphatic carbocycles. The summed E-state index contributed by atoms with van der Waals surface area (Å²) in [6.07, 6.45) is -3.01. The van der Waals surface area contributed by atoms with Crippen LogP contribution in [-0.4, -0.2) is 23.4 Å². The van der Waals surface area contributed by atoms with E-state index in [1.807, 2.05) is 0 Å². The monoisotopic (exact) mass is 298 g/mol. The van der Waals surface area contributed by atoms with Crippen LogP contribution in [-0.2, 0) is 11.0 Å². The lowest BCUT2D eigenvalue weighted by atomic mass is 10.0. The average molecular weight is 298 g/mol. The van der Waals surface area contributed by atoms with Crippen molar-refractivity contribution in [1.82, 2.24) is 10.2 Å². The molecule has 1 amide bonds. The molecule has 3 rings (SSSR count). The Morgan fingerprint density at radius 2 is 1.95 bits per heavy atom. The van der Waals surface area contributed by atoms with Crippen LogP contribution >= 0.6 is 0 Å². The van der Waals surface area contributed by atoms with Gasteiger partial charge in [0.1, 0.15) is 6.17 Å². The maximum absolute atomic E-state index is 13.2. The molecule has 1 N–H and O–H groups in total. The van der Waals surface area contributed by atoms with Gasteiger partial charge in [-0.25, -0.2) is 0 Å². The molecule has 2 aliphatic rings. The number of nitrogens with one attached hydrogen (secondary N) is 1. The van der Waals surface area contributed by atoms with E-state index < -0.39 is 23.9 Å². The van der Waals surface area contributed by atoms with E-state index >= 15 is 0 Å². The second-order valence-corrected chi connectivity index (χ2v) is 5.81. The van der Waals surface area contributed by atoms with Gasteiger partial charge in [0.2, 0.25) is 5.91 Å². The molecule has 1 aromatic rings. The lowest BCUT2D eigenvalue weighted by Gasteiger charge is -2.27. The van der Waals surface area contributed by atoms with E-state index in [1.54, 1.807) is 17.9 Å². The van der Waals surface area contributed by atoms with Gasteiger partial charge in [0.05, 0.1) is 11.6 Å². The van der Waals surface area contributed by atoms with Crippen molar-refractivity contribution in [3.63, 3.8) is 0 Å². The second kappa shape index (κ2) is 5.02. The van der Waals surface area contributed by atoms with Crippen LogP contribution in [0.4, 0.5) is 13.2 Å². The third kappa shape index (κ3) is 2.77. The maximum Gasteiger partial charge on any atom is 0.416 e. The van der Waals surface area contributed by atoms with Crippen LogP contribution in [0.5, 0.6) is 0 Å². The van der Waals surface area contributed by atoms with Gasteiger partial charge >= 0.3 is 6.18 Å². The molecule has 1 aromatic carbocycles. The minimum Gasteiger partial charge on any atom is -0.321 e. The van der Waals surface area contributed by atoms with Crippen molar-refractivity contribution in [1.29, 1.82) is 0 Å². The Labute approximate surface area is 121 Å². The fourth-order valence-electron chi connectivity index (χ4n) is 2.80. The Kier molecular flexibility index (Phi) is 3.43. The largest absolute Gasteiger partial charge is 0.416 e. The van der Waals surface area contributed by atoms with Crippen LogP contribution in [0.15, 0.2) is 24.3 Å². The summed E-state index contributed by atoms with van der Waals surface area (Å²) in [7, 11) is 0. The summed E-state index contributed by atoms with van der Waals surface area (Å²) in [5, 5.41) is 2.99. The summed E-state index contributed by atoms with van der Waals surface area (Å²) >= 11 is 0. The van der Waals surface area contributed by atoms with Crippen molar-refractivity contribution in [2.75, 3.05) is 6.54 Å². The number of hydrogen-bond donors (Lipinski definition) is 1. The first kappa shape index (κ1) is 14.4. The molecule has 6 heteroatoms. The van der Waals surface area contributed by atoms with Gasteiger partial charge in [-0.1, -0.05) is 18.2 Å². The highest BCUT2D eigenvalue weighted by atomic mass is 19.4. The molecule has 0 aromatic heterocycles. The molecule has 2 fully saturated rings. The number of carbonyl (C=O) groups excluding carboxylic acids is 1. The van der Waals surface area contributed by atoms with Gasteiger partial charge < -0.3 is 4.90 Å². The highest BCUT2D eigenvalue weighted by Crippen LogP contribution is 2.39. The molecule has 114 valence electrons. The van der Waals surface area contributed by atoms with Gasteiger partial charge in [-0.05, 0) is 31.7 Å². The molecule has 3 nitrogen and oxygen atoms in total. The van der Waals surface area contributed by atoms with Gasteiger partial charge in [0.15, 0.2) is 0 Å². The van der Waals surface area contributed by atoms with Crippen molar-refractivity contribution >= 4 is 5.91 Å². The number of carbonyl (C=O) groups is 1. The minimum atomic E-state index is -4.42. The first-order valence-electron chi connectivity index (χ1n) is 7.10. The van der Waals surface area contributed by atoms with E-state index in [1.165, 1.54) is 12.1 Å². The first-order chi connectivity index (χ1) is 9.88. The van der Waals surface area contributed by atoms with Crippen LogP contribution in [0.3, 0.4) is 0 Å². The number of benzene rings is 1. The smallest absolute Gasteiger partial charge is 0.321 e. The fourth-order valence-corrected chi connectivity index (χ4v) is 2.80. The topological polar surface area (TPSA) is 32.3 Å². The van der Waals surface area contributed by atoms with E-state index in [0.29, 0.717) is 12.5 Å². The standard InChI is InChI=1S/C15H17F3N2O/c1-9-14(21)20(8-10-6-7-10)13(19-9)11-4-2-3-5-12(11)15(16,17)18/h2-5,9-10,13,19H,6-8H2,1H3. The Hall–Kier alpha value is -1.56. The van der Waals surface area contributed by atoms with E-state index in [2.05, 4.69) is 5.32 Å². The predicted molar refractivity (Wildman–Crippen MR) is 71.2 cm³/mol. The average Bonchev–Trinajstić information content (AvgIpc) is 3.20. The molecule has 2 unspecified atom stereocenters. The fraction of sp³-hybridized carbons (Fsp3) is 0.533. The van der Waals surface area contributed by atoms with Crippen LogP contribution in [0.25, 0.3) is 0 Å². The molecule has 0 radical (unpaired) electrons. The molecular formula is C15H17F3N2O. The second-order valence-electron chi connectivity index (χ2n) is 5.81. The van der Waals surface area contributed by atoms with Gasteiger partial charge in [-0.3, -0.25) is 10.1 Å². The Balaban J connectivity index is 1.96. The van der Waals surface area contributed by atoms with Crippen LogP contribution in [0, 0.1) is 5.92 Å². The van der Waals surface area contributed by atoms with E-state index in [4.69, 9.17) is 0 Å². The summed E-state index contributed by atoms with van der Waals surface area (Å²) in [4.78, 5) is 13.8. The normalized spacial score (nSPS) is 26.5. The highest BCUT2D eigenvalue weighted by Gasteiger charge is 2.43. The van der Waals surface area contributed by atoms with E-state index in [0.717, 1.165) is 18.9 Å². The molecule has 1 saturated heterocycles. The zero-order valence-corrected chi connectivity index (χ0v) is 11.7. The zero-order chi connectivity index (χ0) is 15.2. The first-order valence-corrected chi connectivity index (χ1v) is 7.10. The Morgan fingerprint density at radius 3 is 2.57 bits per heavy atom. The zero-order valence-electron chi connectivity index (χ0n) is 11.7. The predicted octanol–water partition coefficient (Wildman–Crippen LogP) is 2.93. The van der Waals surface area contributed by atoms with Crippen LogP contribution < -0.4 is 5.32 Å². The highest BCUT2D eigenvalue weighted by molar-refractivity contribution is 5.84.